The van der Waals surface area contributed by atoms with Crippen molar-refractivity contribution in [1.82, 2.24) is 20.1 Å². The Hall–Kier alpha value is -1.83. The van der Waals surface area contributed by atoms with Crippen LogP contribution in [0.2, 0.25) is 5.15 Å². The van der Waals surface area contributed by atoms with Gasteiger partial charge in [-0.05, 0) is 61.6 Å². The topological polar surface area (TPSA) is 63.2 Å². The van der Waals surface area contributed by atoms with Crippen molar-refractivity contribution in [2.75, 3.05) is 38.2 Å². The molecule has 2 aliphatic heterocycles. The summed E-state index contributed by atoms with van der Waals surface area (Å²) < 4.78 is 19.0. The lowest BCUT2D eigenvalue weighted by Crippen LogP contribution is -2.32. The molecule has 6 nitrogen and oxygen atoms in total. The van der Waals surface area contributed by atoms with Crippen molar-refractivity contribution in [2.45, 2.75) is 31.7 Å². The van der Waals surface area contributed by atoms with Gasteiger partial charge in [-0.2, -0.15) is 0 Å². The maximum Gasteiger partial charge on any atom is 0.148 e. The molecular weight excluding hydrogens is 405 g/mol. The zero-order valence-electron chi connectivity index (χ0n) is 16.9. The number of nitrogens with one attached hydrogen (secondary N) is 1. The molecule has 0 unspecified atom stereocenters. The van der Waals surface area contributed by atoms with Gasteiger partial charge in [-0.3, -0.25) is 0 Å². The lowest BCUT2D eigenvalue weighted by atomic mass is 10.00. The Balaban J connectivity index is 1.14. The number of hydrogen-bond donors (Lipinski definition) is 1. The number of nitrogens with zero attached hydrogens (tertiary/aromatic N) is 4. The highest BCUT2D eigenvalue weighted by Gasteiger charge is 2.41. The molecule has 2 aromatic rings. The van der Waals surface area contributed by atoms with E-state index in [-0.39, 0.29) is 5.15 Å². The Morgan fingerprint density at radius 1 is 1.13 bits per heavy atom. The van der Waals surface area contributed by atoms with Gasteiger partial charge in [0.2, 0.25) is 0 Å². The molecule has 1 saturated carbocycles. The van der Waals surface area contributed by atoms with Crippen LogP contribution >= 0.6 is 11.6 Å². The summed E-state index contributed by atoms with van der Waals surface area (Å²) >= 11 is 6.06. The van der Waals surface area contributed by atoms with Gasteiger partial charge in [-0.25, -0.2) is 9.37 Å². The van der Waals surface area contributed by atoms with E-state index >= 15 is 0 Å². The number of rotatable bonds is 5. The summed E-state index contributed by atoms with van der Waals surface area (Å²) in [5.41, 5.74) is 0.973. The zero-order valence-corrected chi connectivity index (χ0v) is 17.7. The first-order valence-corrected chi connectivity index (χ1v) is 11.2. The third-order valence-corrected chi connectivity index (χ3v) is 7.08. The molecule has 4 heterocycles. The van der Waals surface area contributed by atoms with E-state index in [9.17, 15) is 4.39 Å². The number of fused-ring (bicyclic) bond motifs is 1. The molecule has 8 heteroatoms. The van der Waals surface area contributed by atoms with E-state index in [1.807, 2.05) is 12.1 Å². The van der Waals surface area contributed by atoms with Crippen molar-refractivity contribution in [3.8, 4) is 11.3 Å². The largest absolute Gasteiger partial charge is 0.381 e. The number of aromatic nitrogens is 3. The molecule has 160 valence electrons. The van der Waals surface area contributed by atoms with Crippen LogP contribution in [0.25, 0.3) is 11.3 Å². The van der Waals surface area contributed by atoms with Gasteiger partial charge in [0.25, 0.3) is 0 Å². The summed E-state index contributed by atoms with van der Waals surface area (Å²) in [6.07, 6.45) is 5.87. The molecule has 3 aliphatic rings. The van der Waals surface area contributed by atoms with Crippen LogP contribution in [0.15, 0.2) is 24.4 Å². The summed E-state index contributed by atoms with van der Waals surface area (Å²) in [6.45, 7) is 5.53. The van der Waals surface area contributed by atoms with Crippen molar-refractivity contribution in [3.05, 3.63) is 35.4 Å². The molecule has 0 amide bonds. The summed E-state index contributed by atoms with van der Waals surface area (Å²) in [4.78, 5) is 6.51. The van der Waals surface area contributed by atoms with Crippen LogP contribution in [0.1, 0.15) is 25.7 Å². The number of pyridine rings is 1. The van der Waals surface area contributed by atoms with E-state index in [0.29, 0.717) is 17.3 Å². The number of anilines is 1. The third kappa shape index (κ3) is 4.43. The van der Waals surface area contributed by atoms with Gasteiger partial charge >= 0.3 is 0 Å². The minimum absolute atomic E-state index is 0.223. The Bertz CT molecular complexity index is 862. The van der Waals surface area contributed by atoms with E-state index in [1.54, 1.807) is 0 Å². The van der Waals surface area contributed by atoms with Gasteiger partial charge in [-0.1, -0.05) is 11.6 Å². The second-order valence-corrected chi connectivity index (χ2v) is 9.26. The third-order valence-electron chi connectivity index (χ3n) is 6.78. The van der Waals surface area contributed by atoms with Crippen molar-refractivity contribution >= 4 is 17.4 Å². The fourth-order valence-corrected chi connectivity index (χ4v) is 5.52. The molecule has 0 bridgehead atoms. The van der Waals surface area contributed by atoms with Gasteiger partial charge < -0.3 is 15.0 Å². The number of ether oxygens (including phenoxy) is 1. The maximum absolute atomic E-state index is 13.5. The minimum atomic E-state index is -0.443. The molecule has 5 rings (SSSR count). The zero-order chi connectivity index (χ0) is 20.5. The average Bonchev–Trinajstić information content (AvgIpc) is 3.29. The van der Waals surface area contributed by atoms with Crippen molar-refractivity contribution in [2.24, 2.45) is 17.8 Å². The van der Waals surface area contributed by atoms with Crippen molar-refractivity contribution in [3.63, 3.8) is 0 Å². The molecule has 0 spiro atoms. The normalized spacial score (nSPS) is 27.3. The fourth-order valence-electron chi connectivity index (χ4n) is 5.32. The second kappa shape index (κ2) is 8.73. The molecule has 0 radical (unpaired) electrons. The van der Waals surface area contributed by atoms with E-state index in [0.717, 1.165) is 43.0 Å². The minimum Gasteiger partial charge on any atom is -0.381 e. The fraction of sp³-hybridized carbons (Fsp3) is 0.591. The average molecular weight is 432 g/mol. The number of halogens is 2. The number of likely N-dealkylation sites (tertiary alicyclic amines) is 1. The smallest absolute Gasteiger partial charge is 0.148 e. The Morgan fingerprint density at radius 2 is 1.90 bits per heavy atom. The maximum atomic E-state index is 13.5. The van der Waals surface area contributed by atoms with Crippen LogP contribution in [0.3, 0.4) is 0 Å². The monoisotopic (exact) mass is 431 g/mol. The van der Waals surface area contributed by atoms with Gasteiger partial charge in [0, 0.05) is 44.5 Å². The quantitative estimate of drug-likeness (QED) is 0.725. The van der Waals surface area contributed by atoms with Gasteiger partial charge in [0.1, 0.15) is 16.8 Å². The highest BCUT2D eigenvalue weighted by Crippen LogP contribution is 2.39. The van der Waals surface area contributed by atoms with Crippen molar-refractivity contribution in [1.29, 1.82) is 0 Å². The predicted octanol–water partition coefficient (Wildman–Crippen LogP) is 3.88. The predicted molar refractivity (Wildman–Crippen MR) is 114 cm³/mol. The van der Waals surface area contributed by atoms with Crippen LogP contribution in [-0.4, -0.2) is 59.0 Å². The summed E-state index contributed by atoms with van der Waals surface area (Å²) in [7, 11) is 0. The van der Waals surface area contributed by atoms with Gasteiger partial charge in [0.05, 0.1) is 11.9 Å². The molecule has 1 N–H and O–H groups in total. The molecule has 0 aromatic carbocycles. The molecule has 2 aromatic heterocycles. The highest BCUT2D eigenvalue weighted by molar-refractivity contribution is 6.32. The first kappa shape index (κ1) is 20.1. The summed E-state index contributed by atoms with van der Waals surface area (Å²) in [5, 5.41) is 12.3. The van der Waals surface area contributed by atoms with Crippen molar-refractivity contribution < 1.29 is 9.13 Å². The summed E-state index contributed by atoms with van der Waals surface area (Å²) in [5.74, 6) is 2.66. The van der Waals surface area contributed by atoms with E-state index in [4.69, 9.17) is 16.3 Å². The first-order valence-electron chi connectivity index (χ1n) is 10.9. The lowest BCUT2D eigenvalue weighted by Gasteiger charge is -2.27. The van der Waals surface area contributed by atoms with E-state index in [2.05, 4.69) is 25.4 Å². The molecule has 3 fully saturated rings. The number of hydrogen-bond acceptors (Lipinski definition) is 6. The lowest BCUT2D eigenvalue weighted by molar-refractivity contribution is 0.0545. The van der Waals surface area contributed by atoms with Crippen LogP contribution in [-0.2, 0) is 4.74 Å². The van der Waals surface area contributed by atoms with Gasteiger partial charge in [-0.15, -0.1) is 10.2 Å². The van der Waals surface area contributed by atoms with Crippen LogP contribution < -0.4 is 5.32 Å². The standard InChI is InChI=1S/C22H27ClFN5O/c23-22-19(9-17(24)10-25-22)20-1-2-21(28-27-20)26-18-7-15-12-29(13-16(15)8-18)11-14-3-5-30-6-4-14/h1-2,9-10,14-16,18H,3-8,11-13H2,(H,26,28)/t15-,16+,18+. The molecule has 2 saturated heterocycles. The second-order valence-electron chi connectivity index (χ2n) is 8.90. The Labute approximate surface area is 181 Å². The SMILES string of the molecule is Fc1cnc(Cl)c(-c2ccc(N[C@H]3C[C@@H]4CN(CC5CCOCC5)C[C@@H]4C3)nn2)c1. The van der Waals surface area contributed by atoms with E-state index < -0.39 is 5.82 Å². The highest BCUT2D eigenvalue weighted by atomic mass is 35.5. The van der Waals surface area contributed by atoms with Crippen LogP contribution in [0.5, 0.6) is 0 Å². The Kier molecular flexibility index (Phi) is 5.85. The first-order chi connectivity index (χ1) is 14.6. The molecular formula is C22H27ClFN5O. The molecule has 30 heavy (non-hydrogen) atoms. The Morgan fingerprint density at radius 3 is 2.60 bits per heavy atom. The summed E-state index contributed by atoms with van der Waals surface area (Å²) in [6, 6.07) is 5.46. The molecule has 3 atom stereocenters. The van der Waals surface area contributed by atoms with E-state index in [1.165, 1.54) is 51.4 Å². The van der Waals surface area contributed by atoms with Crippen LogP contribution in [0.4, 0.5) is 10.2 Å². The van der Waals surface area contributed by atoms with Gasteiger partial charge in [0.15, 0.2) is 0 Å². The molecule has 1 aliphatic carbocycles. The van der Waals surface area contributed by atoms with Crippen LogP contribution in [0, 0.1) is 23.6 Å².